The van der Waals surface area contributed by atoms with E-state index in [0.717, 1.165) is 5.75 Å². The van der Waals surface area contributed by atoms with Crippen molar-refractivity contribution < 1.29 is 14.3 Å². The van der Waals surface area contributed by atoms with Crippen LogP contribution in [0.15, 0.2) is 24.3 Å². The smallest absolute Gasteiger partial charge is 0.172 e. The van der Waals surface area contributed by atoms with Crippen LogP contribution >= 0.6 is 0 Å². The molecule has 0 aliphatic carbocycles. The van der Waals surface area contributed by atoms with Crippen LogP contribution in [0, 0.1) is 5.92 Å². The molecule has 0 heterocycles. The summed E-state index contributed by atoms with van der Waals surface area (Å²) in [5.74, 6) is 1.58. The second kappa shape index (κ2) is 5.39. The van der Waals surface area contributed by atoms with Gasteiger partial charge in [-0.25, -0.2) is 0 Å². The van der Waals surface area contributed by atoms with Crippen molar-refractivity contribution in [3.05, 3.63) is 24.3 Å². The van der Waals surface area contributed by atoms with Crippen LogP contribution in [0.2, 0.25) is 0 Å². The first-order chi connectivity index (χ1) is 7.13. The summed E-state index contributed by atoms with van der Waals surface area (Å²) in [7, 11) is 1.61. The van der Waals surface area contributed by atoms with Gasteiger partial charge in [-0.3, -0.25) is 4.79 Å². The van der Waals surface area contributed by atoms with Gasteiger partial charge >= 0.3 is 0 Å². The summed E-state index contributed by atoms with van der Waals surface area (Å²) in [6.07, 6.45) is 0. The van der Waals surface area contributed by atoms with Crippen molar-refractivity contribution in [2.75, 3.05) is 13.7 Å². The minimum absolute atomic E-state index is 0.0169. The van der Waals surface area contributed by atoms with E-state index in [1.165, 1.54) is 0 Å². The van der Waals surface area contributed by atoms with Gasteiger partial charge in [-0.2, -0.15) is 0 Å². The number of ketones is 1. The zero-order valence-corrected chi connectivity index (χ0v) is 9.32. The fraction of sp³-hybridized carbons (Fsp3) is 0.417. The van der Waals surface area contributed by atoms with Crippen molar-refractivity contribution in [1.82, 2.24) is 0 Å². The van der Waals surface area contributed by atoms with Gasteiger partial charge in [-0.1, -0.05) is 13.8 Å². The molecule has 3 nitrogen and oxygen atoms in total. The summed E-state index contributed by atoms with van der Waals surface area (Å²) < 4.78 is 10.3. The fourth-order valence-corrected chi connectivity index (χ4v) is 0.993. The molecular formula is C12H16O3. The molecule has 0 unspecified atom stereocenters. The van der Waals surface area contributed by atoms with Crippen LogP contribution in [0.3, 0.4) is 0 Å². The maximum Gasteiger partial charge on any atom is 0.172 e. The van der Waals surface area contributed by atoms with Gasteiger partial charge in [0, 0.05) is 5.92 Å². The predicted octanol–water partition coefficient (Wildman–Crippen LogP) is 2.30. The molecule has 1 aromatic rings. The highest BCUT2D eigenvalue weighted by atomic mass is 16.5. The molecule has 0 aliphatic rings. The molecule has 0 atom stereocenters. The zero-order valence-electron chi connectivity index (χ0n) is 9.32. The minimum Gasteiger partial charge on any atom is -0.497 e. The maximum absolute atomic E-state index is 11.3. The van der Waals surface area contributed by atoms with E-state index >= 15 is 0 Å². The van der Waals surface area contributed by atoms with Crippen molar-refractivity contribution in [2.24, 2.45) is 5.92 Å². The molecule has 0 aromatic heterocycles. The van der Waals surface area contributed by atoms with E-state index in [1.54, 1.807) is 31.4 Å². The second-order valence-corrected chi connectivity index (χ2v) is 3.59. The van der Waals surface area contributed by atoms with Crippen molar-refractivity contribution in [2.45, 2.75) is 13.8 Å². The summed E-state index contributed by atoms with van der Waals surface area (Å²) in [4.78, 5) is 11.3. The average molecular weight is 208 g/mol. The third-order valence-electron chi connectivity index (χ3n) is 2.08. The van der Waals surface area contributed by atoms with Crippen LogP contribution in [0.1, 0.15) is 13.8 Å². The lowest BCUT2D eigenvalue weighted by Crippen LogP contribution is -2.16. The summed E-state index contributed by atoms with van der Waals surface area (Å²) >= 11 is 0. The Labute approximate surface area is 90.0 Å². The van der Waals surface area contributed by atoms with E-state index in [2.05, 4.69) is 0 Å². The topological polar surface area (TPSA) is 35.5 Å². The summed E-state index contributed by atoms with van der Waals surface area (Å²) in [5, 5.41) is 0. The van der Waals surface area contributed by atoms with Crippen molar-refractivity contribution >= 4 is 5.78 Å². The molecule has 3 heteroatoms. The van der Waals surface area contributed by atoms with Crippen LogP contribution in [0.4, 0.5) is 0 Å². The quantitative estimate of drug-likeness (QED) is 0.744. The van der Waals surface area contributed by atoms with Gasteiger partial charge in [-0.15, -0.1) is 0 Å². The second-order valence-electron chi connectivity index (χ2n) is 3.59. The van der Waals surface area contributed by atoms with Gasteiger partial charge in [0.2, 0.25) is 0 Å². The lowest BCUT2D eigenvalue weighted by atomic mass is 10.1. The minimum atomic E-state index is 0.0169. The van der Waals surface area contributed by atoms with Gasteiger partial charge in [0.15, 0.2) is 5.78 Å². The van der Waals surface area contributed by atoms with Crippen LogP contribution in [0.25, 0.3) is 0 Å². The Hall–Kier alpha value is -1.51. The Kier molecular flexibility index (Phi) is 4.16. The lowest BCUT2D eigenvalue weighted by molar-refractivity contribution is -0.123. The Morgan fingerprint density at radius 2 is 1.73 bits per heavy atom. The largest absolute Gasteiger partial charge is 0.497 e. The Morgan fingerprint density at radius 1 is 1.20 bits per heavy atom. The van der Waals surface area contributed by atoms with E-state index in [-0.39, 0.29) is 18.3 Å². The highest BCUT2D eigenvalue weighted by Gasteiger charge is 2.07. The average Bonchev–Trinajstić information content (AvgIpc) is 2.26. The zero-order chi connectivity index (χ0) is 11.3. The molecule has 0 saturated heterocycles. The number of carbonyl (C=O) groups is 1. The Balaban J connectivity index is 2.47. The molecule has 0 N–H and O–H groups in total. The first kappa shape index (κ1) is 11.6. The van der Waals surface area contributed by atoms with Crippen molar-refractivity contribution in [3.63, 3.8) is 0 Å². The lowest BCUT2D eigenvalue weighted by Gasteiger charge is -2.07. The number of hydrogen-bond acceptors (Lipinski definition) is 3. The van der Waals surface area contributed by atoms with Crippen molar-refractivity contribution in [1.29, 1.82) is 0 Å². The Morgan fingerprint density at radius 3 is 2.20 bits per heavy atom. The van der Waals surface area contributed by atoms with E-state index in [9.17, 15) is 4.79 Å². The molecule has 0 radical (unpaired) electrons. The number of rotatable bonds is 5. The number of Topliss-reactive ketones (excluding diaryl/α,β-unsaturated/α-hetero) is 1. The molecule has 0 saturated carbocycles. The molecule has 15 heavy (non-hydrogen) atoms. The molecule has 1 rings (SSSR count). The standard InChI is InChI=1S/C12H16O3/c1-9(2)12(13)8-15-11-6-4-10(14-3)5-7-11/h4-7,9H,8H2,1-3H3. The summed E-state index contributed by atoms with van der Waals surface area (Å²) in [6, 6.07) is 7.17. The first-order valence-electron chi connectivity index (χ1n) is 4.93. The third kappa shape index (κ3) is 3.62. The molecule has 0 bridgehead atoms. The molecule has 0 fully saturated rings. The van der Waals surface area contributed by atoms with E-state index in [1.807, 2.05) is 13.8 Å². The number of carbonyl (C=O) groups excluding carboxylic acids is 1. The maximum atomic E-state index is 11.3. The van der Waals surface area contributed by atoms with E-state index in [0.29, 0.717) is 5.75 Å². The van der Waals surface area contributed by atoms with Crippen molar-refractivity contribution in [3.8, 4) is 11.5 Å². The molecule has 82 valence electrons. The first-order valence-corrected chi connectivity index (χ1v) is 4.93. The van der Waals surface area contributed by atoms with Gasteiger partial charge in [0.05, 0.1) is 7.11 Å². The highest BCUT2D eigenvalue weighted by Crippen LogP contribution is 2.17. The molecule has 0 amide bonds. The molecule has 0 aliphatic heterocycles. The molecular weight excluding hydrogens is 192 g/mol. The van der Waals surface area contributed by atoms with Crippen LogP contribution < -0.4 is 9.47 Å². The number of ether oxygens (including phenoxy) is 2. The third-order valence-corrected chi connectivity index (χ3v) is 2.08. The van der Waals surface area contributed by atoms with E-state index < -0.39 is 0 Å². The van der Waals surface area contributed by atoms with Crippen LogP contribution in [-0.2, 0) is 4.79 Å². The van der Waals surface area contributed by atoms with Gasteiger partial charge < -0.3 is 9.47 Å². The molecule has 1 aromatic carbocycles. The highest BCUT2D eigenvalue weighted by molar-refractivity contribution is 5.81. The van der Waals surface area contributed by atoms with E-state index in [4.69, 9.17) is 9.47 Å². The summed E-state index contributed by atoms with van der Waals surface area (Å²) in [6.45, 7) is 3.85. The summed E-state index contributed by atoms with van der Waals surface area (Å²) in [5.41, 5.74) is 0. The van der Waals surface area contributed by atoms with Crippen LogP contribution in [0.5, 0.6) is 11.5 Å². The van der Waals surface area contributed by atoms with Gasteiger partial charge in [0.25, 0.3) is 0 Å². The van der Waals surface area contributed by atoms with Crippen LogP contribution in [-0.4, -0.2) is 19.5 Å². The Bertz CT molecular complexity index is 314. The number of methoxy groups -OCH3 is 1. The monoisotopic (exact) mass is 208 g/mol. The van der Waals surface area contributed by atoms with Gasteiger partial charge in [-0.05, 0) is 24.3 Å². The SMILES string of the molecule is COc1ccc(OCC(=O)C(C)C)cc1. The normalized spacial score (nSPS) is 10.1. The fourth-order valence-electron chi connectivity index (χ4n) is 0.993. The molecule has 0 spiro atoms. The number of benzene rings is 1. The predicted molar refractivity (Wildman–Crippen MR) is 58.3 cm³/mol. The number of hydrogen-bond donors (Lipinski definition) is 0. The van der Waals surface area contributed by atoms with Gasteiger partial charge in [0.1, 0.15) is 18.1 Å².